The quantitative estimate of drug-likeness (QED) is 0.787. The molecule has 4 heteroatoms. The van der Waals surface area contributed by atoms with Crippen molar-refractivity contribution in [2.24, 2.45) is 0 Å². The molecule has 0 unspecified atom stereocenters. The predicted octanol–water partition coefficient (Wildman–Crippen LogP) is 4.18. The number of ether oxygens (including phenoxy) is 1. The van der Waals surface area contributed by atoms with Crippen LogP contribution in [0, 0.1) is 0 Å². The zero-order valence-corrected chi connectivity index (χ0v) is 12.0. The Morgan fingerprint density at radius 2 is 1.70 bits per heavy atom. The summed E-state index contributed by atoms with van der Waals surface area (Å²) >= 11 is 5.92. The maximum atomic E-state index is 12.7. The third kappa shape index (κ3) is 2.04. The number of hydrogen-bond acceptors (Lipinski definition) is 2. The molecule has 1 aliphatic rings. The van der Waals surface area contributed by atoms with E-state index in [1.54, 1.807) is 30.9 Å². The highest BCUT2D eigenvalue weighted by atomic mass is 35.5. The van der Waals surface area contributed by atoms with Gasteiger partial charge in [0.25, 0.3) is 5.91 Å². The molecule has 3 rings (SSSR count). The van der Waals surface area contributed by atoms with Gasteiger partial charge < -0.3 is 4.74 Å². The van der Waals surface area contributed by atoms with Crippen LogP contribution in [-0.4, -0.2) is 11.5 Å². The molecule has 1 heterocycles. The molecule has 0 aliphatic carbocycles. The second kappa shape index (κ2) is 4.53. The molecular weight excluding hydrogens is 274 g/mol. The first kappa shape index (κ1) is 13.0. The van der Waals surface area contributed by atoms with Gasteiger partial charge in [-0.3, -0.25) is 9.69 Å². The average Bonchev–Trinajstić information content (AvgIpc) is 2.41. The summed E-state index contributed by atoms with van der Waals surface area (Å²) in [7, 11) is 0. The number of hydrogen-bond donors (Lipinski definition) is 0. The van der Waals surface area contributed by atoms with Crippen molar-refractivity contribution in [3.8, 4) is 5.75 Å². The van der Waals surface area contributed by atoms with Crippen LogP contribution >= 0.6 is 11.6 Å². The van der Waals surface area contributed by atoms with E-state index in [1.165, 1.54) is 0 Å². The summed E-state index contributed by atoms with van der Waals surface area (Å²) in [5, 5.41) is 0.641. The Hall–Kier alpha value is -2.00. The molecule has 102 valence electrons. The Labute approximate surface area is 122 Å². The lowest BCUT2D eigenvalue weighted by molar-refractivity contribution is -0.131. The number of carbonyl (C=O) groups is 1. The molecule has 0 atom stereocenters. The lowest BCUT2D eigenvalue weighted by atomic mass is 10.0. The van der Waals surface area contributed by atoms with Gasteiger partial charge in [0.2, 0.25) is 0 Å². The molecule has 2 aromatic rings. The third-order valence-electron chi connectivity index (χ3n) is 3.27. The summed E-state index contributed by atoms with van der Waals surface area (Å²) in [5.41, 5.74) is 0.635. The predicted molar refractivity (Wildman–Crippen MR) is 79.7 cm³/mol. The monoisotopic (exact) mass is 287 g/mol. The summed E-state index contributed by atoms with van der Waals surface area (Å²) in [6.45, 7) is 3.54. The Morgan fingerprint density at radius 1 is 1.05 bits per heavy atom. The molecule has 0 fully saturated rings. The second-order valence-corrected chi connectivity index (χ2v) is 5.63. The van der Waals surface area contributed by atoms with Crippen LogP contribution in [0.25, 0.3) is 0 Å². The minimum atomic E-state index is -0.895. The van der Waals surface area contributed by atoms with E-state index >= 15 is 0 Å². The molecule has 3 nitrogen and oxygen atoms in total. The first-order valence-electron chi connectivity index (χ1n) is 6.37. The first-order chi connectivity index (χ1) is 9.49. The Balaban J connectivity index is 2.17. The van der Waals surface area contributed by atoms with E-state index in [-0.39, 0.29) is 5.91 Å². The molecule has 0 saturated carbocycles. The van der Waals surface area contributed by atoms with E-state index in [4.69, 9.17) is 16.3 Å². The molecule has 0 bridgehead atoms. The van der Waals surface area contributed by atoms with Crippen LogP contribution < -0.4 is 9.64 Å². The number of fused-ring (bicyclic) bond motifs is 1. The fourth-order valence-corrected chi connectivity index (χ4v) is 2.40. The Kier molecular flexibility index (Phi) is 2.94. The van der Waals surface area contributed by atoms with Crippen LogP contribution in [0.5, 0.6) is 5.75 Å². The molecule has 0 N–H and O–H groups in total. The molecule has 0 aromatic heterocycles. The largest absolute Gasteiger partial charge is 0.476 e. The van der Waals surface area contributed by atoms with Gasteiger partial charge in [0, 0.05) is 10.7 Å². The van der Waals surface area contributed by atoms with Crippen molar-refractivity contribution in [1.29, 1.82) is 0 Å². The van der Waals surface area contributed by atoms with Gasteiger partial charge in [-0.1, -0.05) is 23.7 Å². The number of amides is 1. The minimum absolute atomic E-state index is 0.0986. The van der Waals surface area contributed by atoms with Gasteiger partial charge in [-0.15, -0.1) is 0 Å². The van der Waals surface area contributed by atoms with Gasteiger partial charge in [-0.2, -0.15) is 0 Å². The van der Waals surface area contributed by atoms with Crippen molar-refractivity contribution in [1.82, 2.24) is 0 Å². The van der Waals surface area contributed by atoms with E-state index in [0.29, 0.717) is 10.8 Å². The molecular formula is C16H14ClNO2. The summed E-state index contributed by atoms with van der Waals surface area (Å²) in [5.74, 6) is 0.602. The van der Waals surface area contributed by atoms with Gasteiger partial charge in [0.05, 0.1) is 5.69 Å². The number of para-hydroxylation sites is 2. The zero-order chi connectivity index (χ0) is 14.3. The first-order valence-corrected chi connectivity index (χ1v) is 6.75. The highest BCUT2D eigenvalue weighted by molar-refractivity contribution is 6.30. The number of carbonyl (C=O) groups excluding carboxylic acids is 1. The van der Waals surface area contributed by atoms with E-state index in [2.05, 4.69) is 0 Å². The van der Waals surface area contributed by atoms with Crippen LogP contribution in [0.2, 0.25) is 5.02 Å². The molecule has 20 heavy (non-hydrogen) atoms. The van der Waals surface area contributed by atoms with Gasteiger partial charge in [-0.25, -0.2) is 0 Å². The Morgan fingerprint density at radius 3 is 2.40 bits per heavy atom. The summed E-state index contributed by atoms with van der Waals surface area (Å²) in [4.78, 5) is 14.3. The molecule has 0 saturated heterocycles. The van der Waals surface area contributed by atoms with Gasteiger partial charge >= 0.3 is 0 Å². The second-order valence-electron chi connectivity index (χ2n) is 5.20. The lowest BCUT2D eigenvalue weighted by Crippen LogP contribution is -2.50. The standard InChI is InChI=1S/C16H14ClNO2/c1-16(2)15(19)18(12-9-7-11(17)8-10-12)13-5-3-4-6-14(13)20-16/h3-10H,1-2H3. The summed E-state index contributed by atoms with van der Waals surface area (Å²) in [6, 6.07) is 14.7. The number of anilines is 2. The summed E-state index contributed by atoms with van der Waals surface area (Å²) in [6.07, 6.45) is 0. The van der Waals surface area contributed by atoms with Crippen molar-refractivity contribution in [3.05, 3.63) is 53.6 Å². The number of halogens is 1. The van der Waals surface area contributed by atoms with Crippen molar-refractivity contribution < 1.29 is 9.53 Å². The summed E-state index contributed by atoms with van der Waals surface area (Å²) < 4.78 is 5.79. The highest BCUT2D eigenvalue weighted by Gasteiger charge is 2.41. The molecule has 0 radical (unpaired) electrons. The molecule has 1 aliphatic heterocycles. The van der Waals surface area contributed by atoms with Crippen LogP contribution in [-0.2, 0) is 4.79 Å². The van der Waals surface area contributed by atoms with E-state index in [0.717, 1.165) is 11.4 Å². The van der Waals surface area contributed by atoms with Crippen molar-refractivity contribution in [3.63, 3.8) is 0 Å². The topological polar surface area (TPSA) is 29.5 Å². The highest BCUT2D eigenvalue weighted by Crippen LogP contribution is 2.41. The van der Waals surface area contributed by atoms with Crippen LogP contribution in [0.15, 0.2) is 48.5 Å². The van der Waals surface area contributed by atoms with Gasteiger partial charge in [0.15, 0.2) is 5.60 Å². The minimum Gasteiger partial charge on any atom is -0.476 e. The smallest absolute Gasteiger partial charge is 0.275 e. The number of rotatable bonds is 1. The average molecular weight is 288 g/mol. The fraction of sp³-hybridized carbons (Fsp3) is 0.188. The van der Waals surface area contributed by atoms with Gasteiger partial charge in [0.1, 0.15) is 5.75 Å². The van der Waals surface area contributed by atoms with Crippen LogP contribution in [0.3, 0.4) is 0 Å². The molecule has 1 amide bonds. The van der Waals surface area contributed by atoms with Crippen molar-refractivity contribution in [2.75, 3.05) is 4.90 Å². The normalized spacial score (nSPS) is 16.6. The molecule has 2 aromatic carbocycles. The van der Waals surface area contributed by atoms with Crippen LogP contribution in [0.1, 0.15) is 13.8 Å². The fourth-order valence-electron chi connectivity index (χ4n) is 2.27. The van der Waals surface area contributed by atoms with E-state index in [9.17, 15) is 4.79 Å². The maximum absolute atomic E-state index is 12.7. The number of benzene rings is 2. The number of nitrogens with zero attached hydrogens (tertiary/aromatic N) is 1. The zero-order valence-electron chi connectivity index (χ0n) is 11.3. The van der Waals surface area contributed by atoms with Crippen LogP contribution in [0.4, 0.5) is 11.4 Å². The molecule has 0 spiro atoms. The third-order valence-corrected chi connectivity index (χ3v) is 3.53. The maximum Gasteiger partial charge on any atom is 0.275 e. The van der Waals surface area contributed by atoms with Crippen molar-refractivity contribution >= 4 is 28.9 Å². The van der Waals surface area contributed by atoms with Crippen molar-refractivity contribution in [2.45, 2.75) is 19.4 Å². The van der Waals surface area contributed by atoms with E-state index < -0.39 is 5.60 Å². The lowest BCUT2D eigenvalue weighted by Gasteiger charge is -2.38. The SMILES string of the molecule is CC1(C)Oc2ccccc2N(c2ccc(Cl)cc2)C1=O. The van der Waals surface area contributed by atoms with E-state index in [1.807, 2.05) is 36.4 Å². The Bertz CT molecular complexity index is 664. The van der Waals surface area contributed by atoms with Gasteiger partial charge in [-0.05, 0) is 50.2 Å².